The lowest BCUT2D eigenvalue weighted by molar-refractivity contribution is -0.100. The molecular weight excluding hydrogens is 174 g/mol. The van der Waals surface area contributed by atoms with Crippen molar-refractivity contribution >= 4 is 10.0 Å². The lowest BCUT2D eigenvalue weighted by Crippen LogP contribution is -2.61. The number of hydrogen-bond donors (Lipinski definition) is 0. The Morgan fingerprint density at radius 1 is 1.50 bits per heavy atom. The zero-order valence-electron chi connectivity index (χ0n) is 7.16. The van der Waals surface area contributed by atoms with Gasteiger partial charge >= 0.3 is 0 Å². The van der Waals surface area contributed by atoms with Crippen LogP contribution in [0, 0.1) is 11.3 Å². The minimum Gasteiger partial charge on any atom is -0.212 e. The van der Waals surface area contributed by atoms with E-state index in [1.54, 1.807) is 11.4 Å². The third-order valence-corrected chi connectivity index (χ3v) is 6.31. The molecule has 0 aromatic carbocycles. The number of nitrogens with zero attached hydrogens (tertiary/aromatic N) is 1. The quantitative estimate of drug-likeness (QED) is 0.551. The molecule has 0 bridgehead atoms. The first-order valence-electron chi connectivity index (χ1n) is 4.52. The van der Waals surface area contributed by atoms with Gasteiger partial charge in [0, 0.05) is 18.5 Å². The van der Waals surface area contributed by atoms with Crippen LogP contribution >= 0.6 is 0 Å². The highest BCUT2D eigenvalue weighted by molar-refractivity contribution is 7.89. The molecule has 3 fully saturated rings. The molecular formula is C8H13NO2S. The average molecular weight is 187 g/mol. The fraction of sp³-hybridized carbons (Fsp3) is 1.00. The molecule has 3 nitrogen and oxygen atoms in total. The Morgan fingerprint density at radius 3 is 2.58 bits per heavy atom. The minimum atomic E-state index is -2.87. The molecule has 0 radical (unpaired) electrons. The van der Waals surface area contributed by atoms with Crippen molar-refractivity contribution in [2.24, 2.45) is 11.3 Å². The van der Waals surface area contributed by atoms with E-state index in [9.17, 15) is 8.42 Å². The highest BCUT2D eigenvalue weighted by atomic mass is 32.2. The largest absolute Gasteiger partial charge is 0.214 e. The van der Waals surface area contributed by atoms with Crippen LogP contribution in [-0.4, -0.2) is 31.6 Å². The summed E-state index contributed by atoms with van der Waals surface area (Å²) >= 11 is 0. The molecule has 0 amide bonds. The van der Waals surface area contributed by atoms with Gasteiger partial charge in [0.15, 0.2) is 0 Å². The lowest BCUT2D eigenvalue weighted by Gasteiger charge is -2.60. The van der Waals surface area contributed by atoms with Gasteiger partial charge in [0.1, 0.15) is 0 Å². The van der Waals surface area contributed by atoms with Gasteiger partial charge in [-0.1, -0.05) is 0 Å². The standard InChI is InChI=1S/C8H13NO2S/c1-9-7-4-6-2-3-8(6,7)5-12(9,10)11/h6-7H,2-5H2,1H3. The summed E-state index contributed by atoms with van der Waals surface area (Å²) in [4.78, 5) is 0. The fourth-order valence-corrected chi connectivity index (χ4v) is 5.43. The van der Waals surface area contributed by atoms with E-state index in [1.807, 2.05) is 0 Å². The van der Waals surface area contributed by atoms with E-state index in [0.29, 0.717) is 11.8 Å². The molecule has 1 aliphatic heterocycles. The second kappa shape index (κ2) is 1.73. The van der Waals surface area contributed by atoms with E-state index < -0.39 is 10.0 Å². The van der Waals surface area contributed by atoms with E-state index in [-0.39, 0.29) is 5.41 Å². The zero-order chi connectivity index (χ0) is 8.56. The molecule has 0 N–H and O–H groups in total. The molecule has 1 heterocycles. The van der Waals surface area contributed by atoms with Gasteiger partial charge in [0.05, 0.1) is 5.75 Å². The highest BCUT2D eigenvalue weighted by Gasteiger charge is 2.68. The Hall–Kier alpha value is -0.0900. The molecule has 3 aliphatic rings. The normalized spacial score (nSPS) is 55.1. The monoisotopic (exact) mass is 187 g/mol. The van der Waals surface area contributed by atoms with E-state index in [1.165, 1.54) is 6.42 Å². The Morgan fingerprint density at radius 2 is 2.25 bits per heavy atom. The van der Waals surface area contributed by atoms with Gasteiger partial charge in [-0.05, 0) is 25.2 Å². The van der Waals surface area contributed by atoms with E-state index in [4.69, 9.17) is 0 Å². The first-order valence-corrected chi connectivity index (χ1v) is 6.13. The van der Waals surface area contributed by atoms with Crippen molar-refractivity contribution in [1.29, 1.82) is 0 Å². The highest BCUT2D eigenvalue weighted by Crippen LogP contribution is 2.66. The van der Waals surface area contributed by atoms with E-state index in [2.05, 4.69) is 0 Å². The molecule has 2 aliphatic carbocycles. The van der Waals surface area contributed by atoms with Crippen LogP contribution in [0.25, 0.3) is 0 Å². The molecule has 3 atom stereocenters. The Labute approximate surface area is 72.8 Å². The van der Waals surface area contributed by atoms with Crippen molar-refractivity contribution in [2.75, 3.05) is 12.8 Å². The van der Waals surface area contributed by atoms with Crippen molar-refractivity contribution < 1.29 is 8.42 Å². The third-order valence-electron chi connectivity index (χ3n) is 4.27. The maximum Gasteiger partial charge on any atom is 0.214 e. The van der Waals surface area contributed by atoms with Crippen LogP contribution in [0.3, 0.4) is 0 Å². The second-order valence-corrected chi connectivity index (χ2v) is 6.52. The van der Waals surface area contributed by atoms with Crippen LogP contribution in [-0.2, 0) is 10.0 Å². The van der Waals surface area contributed by atoms with Crippen molar-refractivity contribution in [1.82, 2.24) is 4.31 Å². The molecule has 3 rings (SSSR count). The minimum absolute atomic E-state index is 0.216. The average Bonchev–Trinajstić information content (AvgIpc) is 2.17. The molecule has 1 saturated heterocycles. The Kier molecular flexibility index (Phi) is 1.05. The topological polar surface area (TPSA) is 37.4 Å². The summed E-state index contributed by atoms with van der Waals surface area (Å²) in [7, 11) is -1.13. The van der Waals surface area contributed by atoms with Gasteiger partial charge in [0.25, 0.3) is 0 Å². The molecule has 2 saturated carbocycles. The van der Waals surface area contributed by atoms with Crippen LogP contribution in [0.2, 0.25) is 0 Å². The Balaban J connectivity index is 2.05. The van der Waals surface area contributed by atoms with Gasteiger partial charge < -0.3 is 0 Å². The van der Waals surface area contributed by atoms with E-state index in [0.717, 1.165) is 18.8 Å². The number of hydrogen-bond acceptors (Lipinski definition) is 2. The van der Waals surface area contributed by atoms with Gasteiger partial charge in [-0.3, -0.25) is 0 Å². The molecule has 0 aromatic rings. The SMILES string of the molecule is CN1C2CC3CCC32CS1(=O)=O. The van der Waals surface area contributed by atoms with Crippen LogP contribution in [0.5, 0.6) is 0 Å². The van der Waals surface area contributed by atoms with Crippen molar-refractivity contribution in [3.8, 4) is 0 Å². The molecule has 0 aromatic heterocycles. The Bertz CT molecular complexity index is 337. The molecule has 68 valence electrons. The predicted molar refractivity (Wildman–Crippen MR) is 45.1 cm³/mol. The van der Waals surface area contributed by atoms with Crippen LogP contribution in [0.4, 0.5) is 0 Å². The first-order chi connectivity index (χ1) is 5.56. The van der Waals surface area contributed by atoms with Gasteiger partial charge in [-0.2, -0.15) is 0 Å². The molecule has 12 heavy (non-hydrogen) atoms. The number of sulfonamides is 1. The fourth-order valence-electron chi connectivity index (χ4n) is 3.29. The molecule has 3 unspecified atom stereocenters. The summed E-state index contributed by atoms with van der Waals surface area (Å²) in [6.07, 6.45) is 3.53. The van der Waals surface area contributed by atoms with Crippen LogP contribution < -0.4 is 0 Å². The summed E-state index contributed by atoms with van der Waals surface area (Å²) in [6, 6.07) is 0.362. The maximum absolute atomic E-state index is 11.5. The van der Waals surface area contributed by atoms with Crippen molar-refractivity contribution in [2.45, 2.75) is 25.3 Å². The summed E-state index contributed by atoms with van der Waals surface area (Å²) in [5.74, 6) is 1.17. The third kappa shape index (κ3) is 0.547. The summed E-state index contributed by atoms with van der Waals surface area (Å²) in [6.45, 7) is 0. The summed E-state index contributed by atoms with van der Waals surface area (Å²) < 4.78 is 24.7. The van der Waals surface area contributed by atoms with Crippen LogP contribution in [0.15, 0.2) is 0 Å². The van der Waals surface area contributed by atoms with Gasteiger partial charge in [0.2, 0.25) is 10.0 Å². The molecule has 1 spiro atoms. The molecule has 4 heteroatoms. The van der Waals surface area contributed by atoms with Gasteiger partial charge in [-0.25, -0.2) is 12.7 Å². The van der Waals surface area contributed by atoms with Crippen molar-refractivity contribution in [3.63, 3.8) is 0 Å². The van der Waals surface area contributed by atoms with Gasteiger partial charge in [-0.15, -0.1) is 0 Å². The van der Waals surface area contributed by atoms with Crippen LogP contribution in [0.1, 0.15) is 19.3 Å². The smallest absolute Gasteiger partial charge is 0.212 e. The summed E-state index contributed by atoms with van der Waals surface area (Å²) in [5.41, 5.74) is 0.216. The number of rotatable bonds is 0. The summed E-state index contributed by atoms with van der Waals surface area (Å²) in [5, 5.41) is 0. The zero-order valence-corrected chi connectivity index (χ0v) is 7.97. The van der Waals surface area contributed by atoms with Crippen molar-refractivity contribution in [3.05, 3.63) is 0 Å². The van der Waals surface area contributed by atoms with E-state index >= 15 is 0 Å². The lowest BCUT2D eigenvalue weighted by atomic mass is 9.46. The first kappa shape index (κ1) is 7.33. The predicted octanol–water partition coefficient (Wildman–Crippen LogP) is 0.430. The maximum atomic E-state index is 11.5. The second-order valence-electron chi connectivity index (χ2n) is 4.49.